The van der Waals surface area contributed by atoms with E-state index in [0.29, 0.717) is 95.1 Å². The zero-order chi connectivity index (χ0) is 92.1. The molecule has 0 amide bonds. The molecule has 0 atom stereocenters. The Morgan fingerprint density at radius 2 is 0.440 bits per heavy atom. The van der Waals surface area contributed by atoms with Gasteiger partial charge in [-0.25, -0.2) is 53.6 Å². The van der Waals surface area contributed by atoms with Gasteiger partial charge in [0.1, 0.15) is 69.2 Å². The van der Waals surface area contributed by atoms with Gasteiger partial charge in [0.25, 0.3) is 0 Å². The Morgan fingerprint density at radius 3 is 0.624 bits per heavy atom. The summed E-state index contributed by atoms with van der Waals surface area (Å²) in [6, 6.07) is 70.2. The van der Waals surface area contributed by atoms with Crippen LogP contribution < -0.4 is 0 Å². The fourth-order valence-corrected chi connectivity index (χ4v) is 18.2. The summed E-state index contributed by atoms with van der Waals surface area (Å²) in [5.74, 6) is -0.669. The van der Waals surface area contributed by atoms with Crippen molar-refractivity contribution < 1.29 is 70.5 Å². The topological polar surface area (TPSA) is 309 Å². The van der Waals surface area contributed by atoms with Gasteiger partial charge in [0.15, 0.2) is 39.3 Å². The Hall–Kier alpha value is -10.9. The number of hydrogen-bond acceptors (Lipinski definition) is 20. The Morgan fingerprint density at radius 1 is 0.256 bits per heavy atom. The molecule has 12 rings (SSSR count). The third-order valence-corrected chi connectivity index (χ3v) is 25.0. The molecule has 0 aliphatic carbocycles. The van der Waals surface area contributed by atoms with Crippen molar-refractivity contribution in [2.45, 2.75) is 217 Å². The standard InChI is InChI=1S/C24H27NO4S.3C23H25NO4S.4C2H6/c1-3-19-12-14-21(15-13-19)24-25-23(18(2)29-24)17-30(27,28)16-22(26)11-7-10-20-8-5-4-6-9-20;3*1-17-11-13-20(14-12-17)23-24-22(18(2)28-23)16-29(26,27)15-21(25)10-6-9-19-7-4-3-5-8-19;4*1-2/h4-6,8-9,12-15H,3,7,10-11,16-17H2,1-2H3;3*3-5,7-8,11-14H,6,9-10,15-16H2,1-2H3;4*1-2H3. The summed E-state index contributed by atoms with van der Waals surface area (Å²) in [5.41, 5.74) is 13.7. The predicted octanol–water partition coefficient (Wildman–Crippen LogP) is 22.2. The minimum absolute atomic E-state index is 0.251. The van der Waals surface area contributed by atoms with Crippen LogP contribution in [0.4, 0.5) is 0 Å². The molecule has 0 aliphatic heterocycles. The number of Topliss-reactive ketones (excluding diaryl/α,β-unsaturated/α-hetero) is 4. The molecule has 4 heterocycles. The van der Waals surface area contributed by atoms with Gasteiger partial charge in [-0.15, -0.1) is 0 Å². The van der Waals surface area contributed by atoms with Crippen LogP contribution in [0, 0.1) is 48.5 Å². The number of carbonyl (C=O) groups excluding carboxylic acids is 4. The molecule has 8 aromatic carbocycles. The molecule has 4 aromatic heterocycles. The number of benzene rings is 8. The molecule has 0 bridgehead atoms. The van der Waals surface area contributed by atoms with Crippen LogP contribution in [0.15, 0.2) is 236 Å². The molecule has 0 spiro atoms. The molecular weight excluding hydrogens is 1650 g/mol. The monoisotopic (exact) mass is 1780 g/mol. The van der Waals surface area contributed by atoms with Crippen LogP contribution in [-0.2, 0) is 114 Å². The smallest absolute Gasteiger partial charge is 0.226 e. The number of aryl methyl sites for hydroxylation is 12. The number of sulfone groups is 4. The highest BCUT2D eigenvalue weighted by atomic mass is 32.2. The third kappa shape index (κ3) is 38.2. The highest BCUT2D eigenvalue weighted by Crippen LogP contribution is 2.29. The van der Waals surface area contributed by atoms with Crippen molar-refractivity contribution in [2.24, 2.45) is 0 Å². The van der Waals surface area contributed by atoms with Crippen molar-refractivity contribution in [3.8, 4) is 45.8 Å². The van der Waals surface area contributed by atoms with E-state index in [9.17, 15) is 52.8 Å². The average Bonchev–Trinajstić information content (AvgIpc) is 1.70. The van der Waals surface area contributed by atoms with Crippen LogP contribution in [0.2, 0.25) is 0 Å². The number of oxazole rings is 4. The molecule has 0 N–H and O–H groups in total. The van der Waals surface area contributed by atoms with Crippen LogP contribution in [-0.4, -0.2) is 99.8 Å². The lowest BCUT2D eigenvalue weighted by molar-refractivity contribution is -0.117. The first-order valence-electron chi connectivity index (χ1n) is 43.0. The Balaban J connectivity index is 0.000000288. The van der Waals surface area contributed by atoms with Gasteiger partial charge >= 0.3 is 0 Å². The second kappa shape index (κ2) is 54.1. The summed E-state index contributed by atoms with van der Waals surface area (Å²) in [7, 11) is -14.4. The first-order chi connectivity index (χ1) is 59.8. The summed E-state index contributed by atoms with van der Waals surface area (Å²) >= 11 is 0. The summed E-state index contributed by atoms with van der Waals surface area (Å²) in [4.78, 5) is 66.1. The molecule has 20 nitrogen and oxygen atoms in total. The van der Waals surface area contributed by atoms with E-state index >= 15 is 0 Å². The van der Waals surface area contributed by atoms with E-state index in [2.05, 4.69) is 26.9 Å². The van der Waals surface area contributed by atoms with Crippen molar-refractivity contribution in [3.63, 3.8) is 0 Å². The van der Waals surface area contributed by atoms with E-state index in [1.807, 2.05) is 295 Å². The van der Waals surface area contributed by atoms with Crippen LogP contribution in [0.1, 0.15) is 204 Å². The van der Waals surface area contributed by atoms with Gasteiger partial charge in [0, 0.05) is 47.9 Å². The number of rotatable bonds is 37. The van der Waals surface area contributed by atoms with Crippen LogP contribution in [0.25, 0.3) is 45.8 Å². The van der Waals surface area contributed by atoms with Crippen LogP contribution in [0.3, 0.4) is 0 Å². The molecule has 0 aliphatic rings. The largest absolute Gasteiger partial charge is 0.441 e. The fourth-order valence-electron chi connectivity index (χ4n) is 12.6. The molecule has 0 saturated heterocycles. The van der Waals surface area contributed by atoms with E-state index in [1.54, 1.807) is 27.7 Å². The third-order valence-electron chi connectivity index (χ3n) is 19.1. The van der Waals surface area contributed by atoms with Crippen molar-refractivity contribution >= 4 is 62.5 Å². The quantitative estimate of drug-likeness (QED) is 0.0349. The molecule has 125 heavy (non-hydrogen) atoms. The van der Waals surface area contributed by atoms with Crippen molar-refractivity contribution in [2.75, 3.05) is 23.0 Å². The fraction of sp³-hybridized carbons (Fsp3) is 0.366. The van der Waals surface area contributed by atoms with Gasteiger partial charge < -0.3 is 17.7 Å². The second-order valence-electron chi connectivity index (χ2n) is 29.4. The number of hydrogen-bond donors (Lipinski definition) is 0. The molecule has 0 radical (unpaired) electrons. The summed E-state index contributed by atoms with van der Waals surface area (Å²) in [6.45, 7) is 30.8. The van der Waals surface area contributed by atoms with Crippen LogP contribution >= 0.6 is 0 Å². The Labute approximate surface area is 742 Å². The van der Waals surface area contributed by atoms with E-state index in [-0.39, 0.29) is 71.8 Å². The van der Waals surface area contributed by atoms with Crippen molar-refractivity contribution in [1.29, 1.82) is 0 Å². The maximum absolute atomic E-state index is 12.5. The molecule has 24 heteroatoms. The van der Waals surface area contributed by atoms with Gasteiger partial charge in [-0.1, -0.05) is 249 Å². The molecule has 670 valence electrons. The summed E-state index contributed by atoms with van der Waals surface area (Å²) in [6.07, 6.45) is 7.53. The second-order valence-corrected chi connectivity index (χ2v) is 37.6. The van der Waals surface area contributed by atoms with E-state index in [4.69, 9.17) is 17.7 Å². The number of carbonyl (C=O) groups is 4. The van der Waals surface area contributed by atoms with Crippen LogP contribution in [0.5, 0.6) is 0 Å². The number of ketones is 4. The van der Waals surface area contributed by atoms with Gasteiger partial charge in [0.2, 0.25) is 23.6 Å². The zero-order valence-corrected chi connectivity index (χ0v) is 78.9. The zero-order valence-electron chi connectivity index (χ0n) is 75.6. The molecule has 0 saturated carbocycles. The molecule has 12 aromatic rings. The lowest BCUT2D eigenvalue weighted by atomic mass is 10.1. The summed E-state index contributed by atoms with van der Waals surface area (Å²) in [5, 5.41) is 0. The first-order valence-corrected chi connectivity index (χ1v) is 50.3. The number of nitrogens with zero attached hydrogens (tertiary/aromatic N) is 4. The minimum Gasteiger partial charge on any atom is -0.441 e. The van der Waals surface area contributed by atoms with Crippen molar-refractivity contribution in [1.82, 2.24) is 19.9 Å². The maximum Gasteiger partial charge on any atom is 0.226 e. The highest BCUT2D eigenvalue weighted by Gasteiger charge is 2.27. The van der Waals surface area contributed by atoms with E-state index < -0.39 is 62.4 Å². The normalized spacial score (nSPS) is 11.0. The lowest BCUT2D eigenvalue weighted by Crippen LogP contribution is -2.18. The lowest BCUT2D eigenvalue weighted by Gasteiger charge is -2.03. The van der Waals surface area contributed by atoms with Gasteiger partial charge in [0.05, 0.1) is 45.8 Å². The van der Waals surface area contributed by atoms with Gasteiger partial charge in [-0.2, -0.15) is 0 Å². The number of aromatic nitrogens is 4. The van der Waals surface area contributed by atoms with E-state index in [1.165, 1.54) is 5.56 Å². The highest BCUT2D eigenvalue weighted by molar-refractivity contribution is 7.92. The Bertz CT molecular complexity index is 5290. The average molecular weight is 1780 g/mol. The molecular formula is C101H126N4O16S4. The van der Waals surface area contributed by atoms with Crippen molar-refractivity contribution in [3.05, 3.63) is 309 Å². The molecule has 0 fully saturated rings. The predicted molar refractivity (Wildman–Crippen MR) is 503 cm³/mol. The van der Waals surface area contributed by atoms with Gasteiger partial charge in [-0.3, -0.25) is 19.2 Å². The van der Waals surface area contributed by atoms with Gasteiger partial charge in [-0.05, 0) is 183 Å². The SMILES string of the molecule is CC.CC.CC.CC.CCc1ccc(-c2nc(CS(=O)(=O)CC(=O)CCCc3ccccc3)c(C)o2)cc1.Cc1ccc(-c2nc(CS(=O)(=O)CC(=O)CCCc3ccccc3)c(C)o2)cc1.Cc1ccc(-c2nc(CS(=O)(=O)CC(=O)CCCc3ccccc3)c(C)o2)cc1.Cc1ccc(-c2nc(CS(=O)(=O)CC(=O)CCCc3ccccc3)c(C)o2)cc1. The minimum atomic E-state index is -3.60. The first kappa shape index (κ1) is 105. The molecule has 0 unspecified atom stereocenters. The maximum atomic E-state index is 12.5. The van der Waals surface area contributed by atoms with E-state index in [0.717, 1.165) is 93.3 Å². The Kier molecular flexibility index (Phi) is 45.3. The summed E-state index contributed by atoms with van der Waals surface area (Å²) < 4.78 is 123.